The molecule has 168 valence electrons. The van der Waals surface area contributed by atoms with Gasteiger partial charge in [-0.3, -0.25) is 9.62 Å². The van der Waals surface area contributed by atoms with Gasteiger partial charge in [0, 0.05) is 36.0 Å². The van der Waals surface area contributed by atoms with Gasteiger partial charge in [0.25, 0.3) is 10.0 Å². The zero-order valence-electron chi connectivity index (χ0n) is 17.4. The zero-order chi connectivity index (χ0) is 22.3. The quantitative estimate of drug-likeness (QED) is 0.392. The van der Waals surface area contributed by atoms with Crippen LogP contribution in [0, 0.1) is 6.92 Å². The van der Waals surface area contributed by atoms with Crippen LogP contribution in [0.25, 0.3) is 0 Å². The van der Waals surface area contributed by atoms with Crippen LogP contribution in [-0.2, 0) is 14.8 Å². The van der Waals surface area contributed by atoms with Crippen molar-refractivity contribution in [3.05, 3.63) is 53.1 Å². The standard InChI is InChI=1S/C21H27ClN4O3S2/c1-16-3-8-19(31(27,28)25-18-6-4-17(22)5-7-18)15-20(16)24-21(30)23-9-2-10-26-11-13-29-14-12-26/h3-8,15,25H,2,9-14H2,1H3,(H2,23,24,30). The Morgan fingerprint density at radius 1 is 1.16 bits per heavy atom. The van der Waals surface area contributed by atoms with E-state index >= 15 is 0 Å². The Labute approximate surface area is 194 Å². The topological polar surface area (TPSA) is 82.7 Å². The van der Waals surface area contributed by atoms with Crippen molar-refractivity contribution in [1.82, 2.24) is 10.2 Å². The molecule has 3 rings (SSSR count). The lowest BCUT2D eigenvalue weighted by molar-refractivity contribution is 0.0376. The molecule has 0 saturated carbocycles. The Morgan fingerprint density at radius 3 is 2.58 bits per heavy atom. The van der Waals surface area contributed by atoms with Crippen LogP contribution < -0.4 is 15.4 Å². The summed E-state index contributed by atoms with van der Waals surface area (Å²) in [6.45, 7) is 7.13. The Balaban J connectivity index is 1.55. The van der Waals surface area contributed by atoms with Crippen molar-refractivity contribution < 1.29 is 13.2 Å². The van der Waals surface area contributed by atoms with Gasteiger partial charge in [0.1, 0.15) is 0 Å². The number of rotatable bonds is 8. The van der Waals surface area contributed by atoms with Crippen molar-refractivity contribution >= 4 is 50.3 Å². The summed E-state index contributed by atoms with van der Waals surface area (Å²) in [5.74, 6) is 0. The Bertz CT molecular complexity index is 994. The van der Waals surface area contributed by atoms with Gasteiger partial charge in [0.15, 0.2) is 5.11 Å². The number of halogens is 1. The second-order valence-corrected chi connectivity index (χ2v) is 9.80. The maximum absolute atomic E-state index is 12.8. The van der Waals surface area contributed by atoms with E-state index in [0.29, 0.717) is 21.5 Å². The third-order valence-electron chi connectivity index (χ3n) is 4.90. The molecule has 0 radical (unpaired) electrons. The molecule has 0 aromatic heterocycles. The van der Waals surface area contributed by atoms with Crippen molar-refractivity contribution in [2.24, 2.45) is 0 Å². The lowest BCUT2D eigenvalue weighted by atomic mass is 10.2. The van der Waals surface area contributed by atoms with E-state index in [1.54, 1.807) is 42.5 Å². The van der Waals surface area contributed by atoms with Crippen LogP contribution in [0.15, 0.2) is 47.4 Å². The van der Waals surface area contributed by atoms with Gasteiger partial charge in [-0.1, -0.05) is 17.7 Å². The number of aryl methyl sites for hydroxylation is 1. The van der Waals surface area contributed by atoms with Gasteiger partial charge in [0.2, 0.25) is 0 Å². The third-order valence-corrected chi connectivity index (χ3v) is 6.78. The van der Waals surface area contributed by atoms with Crippen molar-refractivity contribution in [1.29, 1.82) is 0 Å². The molecular weight excluding hydrogens is 456 g/mol. The maximum atomic E-state index is 12.8. The minimum atomic E-state index is -3.75. The van der Waals surface area contributed by atoms with Crippen LogP contribution in [0.1, 0.15) is 12.0 Å². The highest BCUT2D eigenvalue weighted by Gasteiger charge is 2.16. The number of nitrogens with one attached hydrogen (secondary N) is 3. The van der Waals surface area contributed by atoms with Crippen molar-refractivity contribution in [2.75, 3.05) is 49.4 Å². The first-order valence-electron chi connectivity index (χ1n) is 10.1. The summed E-state index contributed by atoms with van der Waals surface area (Å²) in [5, 5.41) is 7.30. The SMILES string of the molecule is Cc1ccc(S(=O)(=O)Nc2ccc(Cl)cc2)cc1NC(=S)NCCCN1CCOCC1. The van der Waals surface area contributed by atoms with Crippen LogP contribution in [0.3, 0.4) is 0 Å². The van der Waals surface area contributed by atoms with Gasteiger partial charge in [-0.05, 0) is 74.1 Å². The molecule has 10 heteroatoms. The van der Waals surface area contributed by atoms with E-state index in [2.05, 4.69) is 20.3 Å². The summed E-state index contributed by atoms with van der Waals surface area (Å²) in [7, 11) is -3.75. The third kappa shape index (κ3) is 7.33. The summed E-state index contributed by atoms with van der Waals surface area (Å²) in [6, 6.07) is 11.4. The minimum Gasteiger partial charge on any atom is -0.379 e. The van der Waals surface area contributed by atoms with Crippen molar-refractivity contribution in [2.45, 2.75) is 18.2 Å². The van der Waals surface area contributed by atoms with Gasteiger partial charge < -0.3 is 15.4 Å². The molecule has 1 aliphatic heterocycles. The van der Waals surface area contributed by atoms with Gasteiger partial charge in [-0.25, -0.2) is 8.42 Å². The molecule has 1 aliphatic rings. The van der Waals surface area contributed by atoms with Gasteiger partial charge in [0.05, 0.1) is 18.1 Å². The normalized spacial score (nSPS) is 14.8. The molecule has 3 N–H and O–H groups in total. The lowest BCUT2D eigenvalue weighted by Crippen LogP contribution is -2.38. The highest BCUT2D eigenvalue weighted by Crippen LogP contribution is 2.23. The van der Waals surface area contributed by atoms with E-state index in [4.69, 9.17) is 28.6 Å². The molecule has 0 amide bonds. The zero-order valence-corrected chi connectivity index (χ0v) is 19.7. The lowest BCUT2D eigenvalue weighted by Gasteiger charge is -2.26. The highest BCUT2D eigenvalue weighted by molar-refractivity contribution is 7.92. The van der Waals surface area contributed by atoms with E-state index in [1.807, 2.05) is 6.92 Å². The van der Waals surface area contributed by atoms with Gasteiger partial charge >= 0.3 is 0 Å². The second kappa shape index (κ2) is 11.1. The maximum Gasteiger partial charge on any atom is 0.261 e. The van der Waals surface area contributed by atoms with Gasteiger partial charge in [-0.15, -0.1) is 0 Å². The number of morpholine rings is 1. The van der Waals surface area contributed by atoms with E-state index in [0.717, 1.165) is 51.4 Å². The Hall–Kier alpha value is -1.91. The fraction of sp³-hybridized carbons (Fsp3) is 0.381. The molecule has 0 unspecified atom stereocenters. The molecule has 0 spiro atoms. The number of hydrogen-bond acceptors (Lipinski definition) is 5. The average Bonchev–Trinajstić information content (AvgIpc) is 2.75. The van der Waals surface area contributed by atoms with E-state index in [-0.39, 0.29) is 4.90 Å². The van der Waals surface area contributed by atoms with Crippen LogP contribution in [0.2, 0.25) is 5.02 Å². The van der Waals surface area contributed by atoms with Crippen molar-refractivity contribution in [3.63, 3.8) is 0 Å². The average molecular weight is 483 g/mol. The molecule has 31 heavy (non-hydrogen) atoms. The molecular formula is C21H27ClN4O3S2. The molecule has 1 fully saturated rings. The largest absolute Gasteiger partial charge is 0.379 e. The van der Waals surface area contributed by atoms with Crippen LogP contribution >= 0.6 is 23.8 Å². The van der Waals surface area contributed by atoms with Crippen LogP contribution in [0.4, 0.5) is 11.4 Å². The van der Waals surface area contributed by atoms with Gasteiger partial charge in [-0.2, -0.15) is 0 Å². The summed E-state index contributed by atoms with van der Waals surface area (Å²) in [4.78, 5) is 2.51. The molecule has 0 aliphatic carbocycles. The molecule has 2 aromatic carbocycles. The summed E-state index contributed by atoms with van der Waals surface area (Å²) < 4.78 is 33.4. The second-order valence-electron chi connectivity index (χ2n) is 7.28. The van der Waals surface area contributed by atoms with E-state index in [1.165, 1.54) is 0 Å². The number of sulfonamides is 1. The molecule has 0 bridgehead atoms. The number of benzene rings is 2. The first-order valence-corrected chi connectivity index (χ1v) is 12.3. The first-order chi connectivity index (χ1) is 14.8. The Morgan fingerprint density at radius 2 is 1.87 bits per heavy atom. The smallest absolute Gasteiger partial charge is 0.261 e. The summed E-state index contributed by atoms with van der Waals surface area (Å²) in [5.41, 5.74) is 1.98. The predicted octanol–water partition coefficient (Wildman–Crippen LogP) is 3.46. The van der Waals surface area contributed by atoms with E-state index in [9.17, 15) is 8.42 Å². The first kappa shape index (κ1) is 23.7. The molecule has 7 nitrogen and oxygen atoms in total. The van der Waals surface area contributed by atoms with Crippen LogP contribution in [0.5, 0.6) is 0 Å². The fourth-order valence-electron chi connectivity index (χ4n) is 3.13. The molecule has 0 atom stereocenters. The number of hydrogen-bond donors (Lipinski definition) is 3. The molecule has 1 heterocycles. The number of thiocarbonyl (C=S) groups is 1. The molecule has 1 saturated heterocycles. The summed E-state index contributed by atoms with van der Waals surface area (Å²) >= 11 is 11.2. The number of anilines is 2. The predicted molar refractivity (Wildman–Crippen MR) is 130 cm³/mol. The van der Waals surface area contributed by atoms with E-state index < -0.39 is 10.0 Å². The fourth-order valence-corrected chi connectivity index (χ4v) is 4.55. The monoisotopic (exact) mass is 482 g/mol. The number of ether oxygens (including phenoxy) is 1. The minimum absolute atomic E-state index is 0.144. The Kier molecular flexibility index (Phi) is 8.50. The summed E-state index contributed by atoms with van der Waals surface area (Å²) in [6.07, 6.45) is 0.959. The van der Waals surface area contributed by atoms with Crippen LogP contribution in [-0.4, -0.2) is 57.8 Å². The van der Waals surface area contributed by atoms with Crippen molar-refractivity contribution in [3.8, 4) is 0 Å². The highest BCUT2D eigenvalue weighted by atomic mass is 35.5. The molecule has 2 aromatic rings. The number of nitrogens with zero attached hydrogens (tertiary/aromatic N) is 1.